The van der Waals surface area contributed by atoms with Crippen LogP contribution in [0.2, 0.25) is 0 Å². The lowest BCUT2D eigenvalue weighted by atomic mass is 10.8. The second kappa shape index (κ2) is 2.75. The maximum Gasteiger partial charge on any atom is 0.368 e. The third-order valence-corrected chi connectivity index (χ3v) is 0. The van der Waals surface area contributed by atoms with Crippen molar-refractivity contribution >= 4 is 8.41 Å². The number of rotatable bonds is 0. The fraction of sp³-hybridized carbons (Fsp3) is 0. The molecule has 6 heteroatoms. The molecule has 0 aromatic carbocycles. The smallest absolute Gasteiger partial charge is 0.256 e. The van der Waals surface area contributed by atoms with E-state index in [9.17, 15) is 0 Å². The zero-order valence-electron chi connectivity index (χ0n) is 2.05. The average molecular weight is 206 g/mol. The van der Waals surface area contributed by atoms with Crippen molar-refractivity contribution in [2.75, 3.05) is 0 Å². The van der Waals surface area contributed by atoms with E-state index in [4.69, 9.17) is 13.7 Å². The van der Waals surface area contributed by atoms with Gasteiger partial charge in [0.05, 0.1) is 8.41 Å². The summed E-state index contributed by atoms with van der Waals surface area (Å²) in [6.07, 6.45) is 0. The number of hydrogen-bond donors (Lipinski definition) is 1. The van der Waals surface area contributed by atoms with Crippen LogP contribution in [0.3, 0.4) is 0 Å². The second-order valence-corrected chi connectivity index (χ2v) is 2.66. The highest BCUT2D eigenvalue weighted by Gasteiger charge is 2.11. The van der Waals surface area contributed by atoms with E-state index in [0.717, 1.165) is 0 Å². The van der Waals surface area contributed by atoms with E-state index in [1.807, 2.05) is 0 Å². The maximum absolute atomic E-state index is 8.73. The highest BCUT2D eigenvalue weighted by atomic mass is 127. The summed E-state index contributed by atoms with van der Waals surface area (Å²) in [5.74, 6) is 0. The molecule has 0 radical (unpaired) electrons. The van der Waals surface area contributed by atoms with E-state index in [1.165, 1.54) is 0 Å². The number of halogens is 1. The summed E-state index contributed by atoms with van der Waals surface area (Å²) in [5.41, 5.74) is 0. The first kappa shape index (κ1) is 9.81. The average Bonchev–Trinajstić information content (AvgIpc) is 0.722. The molecule has 0 unspecified atom stereocenters. The van der Waals surface area contributed by atoms with Crippen molar-refractivity contribution in [3.8, 4) is 0 Å². The Morgan fingerprint density at radius 3 is 1.17 bits per heavy atom. The Balaban J connectivity index is 0. The Labute approximate surface area is 42.7 Å². The minimum absolute atomic E-state index is 0. The third kappa shape index (κ3) is 152. The molecule has 0 aliphatic heterocycles. The lowest BCUT2D eigenvalue weighted by Gasteiger charge is -1.93. The van der Waals surface area contributed by atoms with Crippen LogP contribution >= 0.6 is 0 Å². The highest BCUT2D eigenvalue weighted by Crippen LogP contribution is 0.389. The molecule has 0 atom stereocenters. The molecule has 0 aromatic rings. The van der Waals surface area contributed by atoms with E-state index < -0.39 is 20.1 Å². The lowest BCUT2D eigenvalue weighted by Crippen LogP contribution is -4.23. The van der Waals surface area contributed by atoms with Gasteiger partial charge in [-0.2, -0.15) is 0 Å². The van der Waals surface area contributed by atoms with Crippen LogP contribution in [0, 0.1) is 0 Å². The van der Waals surface area contributed by atoms with Crippen LogP contribution in [0.15, 0.2) is 0 Å². The van der Waals surface area contributed by atoms with E-state index in [0.29, 0.717) is 0 Å². The minimum Gasteiger partial charge on any atom is -0.256 e. The van der Waals surface area contributed by atoms with Gasteiger partial charge in [-0.15, -0.1) is 0 Å². The molecule has 6 heavy (non-hydrogen) atoms. The largest absolute Gasteiger partial charge is 0.368 e. The molecule has 0 heterocycles. The van der Waals surface area contributed by atoms with Gasteiger partial charge in [0.2, 0.25) is 0 Å². The molecular formula is H4BIO4. The van der Waals surface area contributed by atoms with Crippen molar-refractivity contribution in [3.05, 3.63) is 0 Å². The van der Waals surface area contributed by atoms with Gasteiger partial charge in [0.15, 0.2) is 0 Å². The fourth-order valence-electron chi connectivity index (χ4n) is 0. The Morgan fingerprint density at radius 1 is 1.17 bits per heavy atom. The molecule has 38 valence electrons. The third-order valence-electron chi connectivity index (χ3n) is 0. The van der Waals surface area contributed by atoms with Gasteiger partial charge in [-0.05, 0) is 0 Å². The molecule has 0 aliphatic rings. The Hall–Kier alpha value is 0.635. The van der Waals surface area contributed by atoms with Gasteiger partial charge in [-0.25, -0.2) is 0 Å². The van der Waals surface area contributed by atoms with Crippen LogP contribution in [0.1, 0.15) is 0 Å². The summed E-state index contributed by atoms with van der Waals surface area (Å²) in [7, 11) is 0. The first-order valence-electron chi connectivity index (χ1n) is 0.632. The van der Waals surface area contributed by atoms with Crippen molar-refractivity contribution < 1.29 is 33.8 Å². The fourth-order valence-corrected chi connectivity index (χ4v) is 0. The molecule has 0 aliphatic carbocycles. The molecule has 0 saturated carbocycles. The van der Waals surface area contributed by atoms with Gasteiger partial charge in [0.25, 0.3) is 0 Å². The topological polar surface area (TPSA) is 89.4 Å². The summed E-state index contributed by atoms with van der Waals surface area (Å²) in [6.45, 7) is 0. The van der Waals surface area contributed by atoms with E-state index in [-0.39, 0.29) is 8.41 Å². The van der Waals surface area contributed by atoms with Crippen LogP contribution < -0.4 is 30.4 Å². The molecular weight excluding hydrogens is 202 g/mol. The second-order valence-electron chi connectivity index (χ2n) is 0.396. The SMILES string of the molecule is B.[O-][I+3]([O-])([O-])O. The van der Waals surface area contributed by atoms with Crippen LogP contribution in [0.5, 0.6) is 0 Å². The van der Waals surface area contributed by atoms with Crippen molar-refractivity contribution in [2.45, 2.75) is 0 Å². The van der Waals surface area contributed by atoms with Crippen molar-refractivity contribution in [1.82, 2.24) is 0 Å². The summed E-state index contributed by atoms with van der Waals surface area (Å²) in [5, 5.41) is 0. The first-order valence-corrected chi connectivity index (χ1v) is 4.24. The minimum atomic E-state index is -5.69. The van der Waals surface area contributed by atoms with Gasteiger partial charge < -0.3 is 0 Å². The first-order chi connectivity index (χ1) is 2.00. The summed E-state index contributed by atoms with van der Waals surface area (Å²) < 4.78 is 33.2. The summed E-state index contributed by atoms with van der Waals surface area (Å²) in [4.78, 5) is 0. The molecule has 0 saturated heterocycles. The van der Waals surface area contributed by atoms with Crippen LogP contribution in [0.25, 0.3) is 0 Å². The predicted octanol–water partition coefficient (Wildman–Crippen LogP) is -8.30. The molecule has 0 bridgehead atoms. The molecule has 0 spiro atoms. The van der Waals surface area contributed by atoms with E-state index in [2.05, 4.69) is 0 Å². The van der Waals surface area contributed by atoms with Crippen molar-refractivity contribution in [1.29, 1.82) is 0 Å². The predicted molar refractivity (Wildman–Crippen MR) is 12.2 cm³/mol. The summed E-state index contributed by atoms with van der Waals surface area (Å²) >= 11 is -5.69. The zero-order valence-corrected chi connectivity index (χ0v) is 4.21. The number of hydrogen-bond acceptors (Lipinski definition) is 4. The van der Waals surface area contributed by atoms with Gasteiger partial charge in [0.1, 0.15) is 0 Å². The molecule has 0 rings (SSSR count). The van der Waals surface area contributed by atoms with Gasteiger partial charge >= 0.3 is 20.1 Å². The van der Waals surface area contributed by atoms with E-state index >= 15 is 0 Å². The monoisotopic (exact) mass is 206 g/mol. The standard InChI is InChI=1S/BH3.HIO4/c;2-1(3,4)5/h1H3;2H. The van der Waals surface area contributed by atoms with Crippen molar-refractivity contribution in [2.24, 2.45) is 0 Å². The van der Waals surface area contributed by atoms with Crippen molar-refractivity contribution in [3.63, 3.8) is 0 Å². The highest BCUT2D eigenvalue weighted by molar-refractivity contribution is 5.75. The van der Waals surface area contributed by atoms with Crippen LogP contribution in [-0.2, 0) is 0 Å². The lowest BCUT2D eigenvalue weighted by molar-refractivity contribution is -1.92. The van der Waals surface area contributed by atoms with Gasteiger partial charge in [-0.3, -0.25) is 10.3 Å². The molecule has 0 amide bonds. The molecule has 4 nitrogen and oxygen atoms in total. The maximum atomic E-state index is 8.73. The van der Waals surface area contributed by atoms with Gasteiger partial charge in [0, 0.05) is 3.44 Å². The Kier molecular flexibility index (Phi) is 4.49. The van der Waals surface area contributed by atoms with Crippen LogP contribution in [0.4, 0.5) is 0 Å². The molecule has 0 fully saturated rings. The molecule has 1 N–H and O–H groups in total. The van der Waals surface area contributed by atoms with Crippen LogP contribution in [-0.4, -0.2) is 11.8 Å². The summed E-state index contributed by atoms with van der Waals surface area (Å²) in [6, 6.07) is 0. The Morgan fingerprint density at radius 2 is 1.17 bits per heavy atom. The Bertz CT molecular complexity index is 23.0. The van der Waals surface area contributed by atoms with E-state index in [1.54, 1.807) is 0 Å². The zero-order chi connectivity index (χ0) is 4.50. The molecule has 0 aromatic heterocycles. The normalized spacial score (nSPS) is 10.0. The quantitative estimate of drug-likeness (QED) is 0.314. The van der Waals surface area contributed by atoms with Gasteiger partial charge in [-0.1, -0.05) is 0 Å².